The summed E-state index contributed by atoms with van der Waals surface area (Å²) in [6.45, 7) is 0. The van der Waals surface area contributed by atoms with Gasteiger partial charge in [0, 0.05) is 11.5 Å². The lowest BCUT2D eigenvalue weighted by molar-refractivity contribution is 1.12. The van der Waals surface area contributed by atoms with Crippen molar-refractivity contribution in [2.75, 3.05) is 34.5 Å². The summed E-state index contributed by atoms with van der Waals surface area (Å²) in [5.74, 6) is 7.20. The SMILES string of the molecule is SCCCSCCSCCCS. The van der Waals surface area contributed by atoms with Crippen LogP contribution in [0, 0.1) is 0 Å². The summed E-state index contributed by atoms with van der Waals surface area (Å²) >= 11 is 12.4. The van der Waals surface area contributed by atoms with Crippen molar-refractivity contribution in [3.05, 3.63) is 0 Å². The molecule has 0 saturated heterocycles. The minimum atomic E-state index is 1.03. The minimum Gasteiger partial charge on any atom is -0.179 e. The number of hydrogen-bond acceptors (Lipinski definition) is 4. The molecule has 0 N–H and O–H groups in total. The van der Waals surface area contributed by atoms with E-state index in [9.17, 15) is 0 Å². The highest BCUT2D eigenvalue weighted by Crippen LogP contribution is 2.09. The van der Waals surface area contributed by atoms with E-state index in [4.69, 9.17) is 0 Å². The van der Waals surface area contributed by atoms with Gasteiger partial charge < -0.3 is 0 Å². The van der Waals surface area contributed by atoms with E-state index >= 15 is 0 Å². The molecule has 0 spiro atoms. The molecule has 0 fully saturated rings. The Bertz CT molecular complexity index is 67.5. The van der Waals surface area contributed by atoms with Crippen molar-refractivity contribution in [1.82, 2.24) is 0 Å². The molecule has 74 valence electrons. The fourth-order valence-electron chi connectivity index (χ4n) is 0.655. The molecular weight excluding hydrogens is 224 g/mol. The van der Waals surface area contributed by atoms with Crippen molar-refractivity contribution in [1.29, 1.82) is 0 Å². The van der Waals surface area contributed by atoms with Gasteiger partial charge >= 0.3 is 0 Å². The molecule has 12 heavy (non-hydrogen) atoms. The maximum atomic E-state index is 4.16. The highest BCUT2D eigenvalue weighted by molar-refractivity contribution is 8.02. The van der Waals surface area contributed by atoms with Crippen LogP contribution < -0.4 is 0 Å². The Labute approximate surface area is 95.9 Å². The Morgan fingerprint density at radius 2 is 1.08 bits per heavy atom. The lowest BCUT2D eigenvalue weighted by Crippen LogP contribution is -1.90. The van der Waals surface area contributed by atoms with Crippen molar-refractivity contribution in [2.45, 2.75) is 12.8 Å². The van der Waals surface area contributed by atoms with Crippen LogP contribution in [0.25, 0.3) is 0 Å². The first-order valence-electron chi connectivity index (χ1n) is 4.29. The Hall–Kier alpha value is 1.40. The average Bonchev–Trinajstić information content (AvgIpc) is 2.10. The molecule has 0 aliphatic carbocycles. The highest BCUT2D eigenvalue weighted by atomic mass is 32.2. The van der Waals surface area contributed by atoms with Crippen molar-refractivity contribution < 1.29 is 0 Å². The van der Waals surface area contributed by atoms with E-state index in [1.165, 1.54) is 35.9 Å². The minimum absolute atomic E-state index is 1.03. The Morgan fingerprint density at radius 1 is 0.667 bits per heavy atom. The zero-order valence-corrected chi connectivity index (χ0v) is 10.8. The van der Waals surface area contributed by atoms with Crippen LogP contribution in [-0.4, -0.2) is 34.5 Å². The van der Waals surface area contributed by atoms with Crippen molar-refractivity contribution in [2.24, 2.45) is 0 Å². The van der Waals surface area contributed by atoms with Gasteiger partial charge in [-0.05, 0) is 35.9 Å². The smallest absolute Gasteiger partial charge is 0.00235 e. The zero-order chi connectivity index (χ0) is 9.07. The quantitative estimate of drug-likeness (QED) is 0.471. The fraction of sp³-hybridized carbons (Fsp3) is 1.00. The molecule has 0 saturated carbocycles. The van der Waals surface area contributed by atoms with Gasteiger partial charge in [-0.1, -0.05) is 0 Å². The standard InChI is InChI=1S/C8H18S4/c9-3-1-5-11-7-8-12-6-2-4-10/h9-10H,1-8H2. The first-order valence-corrected chi connectivity index (χ1v) is 7.86. The largest absolute Gasteiger partial charge is 0.179 e. The van der Waals surface area contributed by atoms with Gasteiger partial charge in [0.2, 0.25) is 0 Å². The number of hydrogen-bond donors (Lipinski definition) is 2. The Kier molecular flexibility index (Phi) is 13.8. The zero-order valence-electron chi connectivity index (χ0n) is 7.37. The molecule has 0 amide bonds. The maximum absolute atomic E-state index is 4.16. The van der Waals surface area contributed by atoms with Crippen molar-refractivity contribution in [3.63, 3.8) is 0 Å². The van der Waals surface area contributed by atoms with E-state index in [-0.39, 0.29) is 0 Å². The normalized spacial score (nSPS) is 10.5. The summed E-state index contributed by atoms with van der Waals surface area (Å²) in [7, 11) is 0. The van der Waals surface area contributed by atoms with Gasteiger partial charge in [-0.3, -0.25) is 0 Å². The van der Waals surface area contributed by atoms with Crippen LogP contribution in [0.15, 0.2) is 0 Å². The second-order valence-electron chi connectivity index (χ2n) is 2.38. The first-order chi connectivity index (χ1) is 5.91. The third-order valence-corrected chi connectivity index (χ3v) is 4.30. The molecule has 0 aromatic carbocycles. The van der Waals surface area contributed by atoms with Gasteiger partial charge in [-0.2, -0.15) is 48.8 Å². The monoisotopic (exact) mass is 242 g/mol. The number of thioether (sulfide) groups is 2. The van der Waals surface area contributed by atoms with E-state index in [0.29, 0.717) is 0 Å². The van der Waals surface area contributed by atoms with Gasteiger partial charge in [-0.15, -0.1) is 0 Å². The molecular formula is C8H18S4. The molecule has 0 bridgehead atoms. The lowest BCUT2D eigenvalue weighted by Gasteiger charge is -2.00. The van der Waals surface area contributed by atoms with Crippen LogP contribution >= 0.6 is 48.8 Å². The molecule has 0 nitrogen and oxygen atoms in total. The summed E-state index contributed by atoms with van der Waals surface area (Å²) in [4.78, 5) is 0. The van der Waals surface area contributed by atoms with E-state index in [0.717, 1.165) is 11.5 Å². The summed E-state index contributed by atoms with van der Waals surface area (Å²) in [6, 6.07) is 0. The topological polar surface area (TPSA) is 0 Å². The molecule has 0 rings (SSSR count). The van der Waals surface area contributed by atoms with Gasteiger partial charge in [0.05, 0.1) is 0 Å². The van der Waals surface area contributed by atoms with Crippen molar-refractivity contribution >= 4 is 48.8 Å². The van der Waals surface area contributed by atoms with E-state index in [1.807, 2.05) is 23.5 Å². The summed E-state index contributed by atoms with van der Waals surface area (Å²) in [6.07, 6.45) is 2.49. The summed E-state index contributed by atoms with van der Waals surface area (Å²) < 4.78 is 0. The van der Waals surface area contributed by atoms with Gasteiger partial charge in [0.1, 0.15) is 0 Å². The summed E-state index contributed by atoms with van der Waals surface area (Å²) in [5, 5.41) is 0. The highest BCUT2D eigenvalue weighted by Gasteiger charge is 1.90. The third kappa shape index (κ3) is 11.4. The van der Waals surface area contributed by atoms with Crippen molar-refractivity contribution in [3.8, 4) is 0 Å². The molecule has 0 aliphatic rings. The van der Waals surface area contributed by atoms with E-state index < -0.39 is 0 Å². The Balaban J connectivity index is 2.73. The van der Waals surface area contributed by atoms with Crippen LogP contribution in [0.1, 0.15) is 12.8 Å². The predicted octanol–water partition coefficient (Wildman–Crippen LogP) is 3.09. The van der Waals surface area contributed by atoms with Crippen LogP contribution in [0.5, 0.6) is 0 Å². The fourth-order valence-corrected chi connectivity index (χ4v) is 3.45. The van der Waals surface area contributed by atoms with Crippen LogP contribution in [0.2, 0.25) is 0 Å². The average molecular weight is 242 g/mol. The molecule has 0 radical (unpaired) electrons. The second-order valence-corrected chi connectivity index (χ2v) is 5.72. The Morgan fingerprint density at radius 3 is 1.42 bits per heavy atom. The second kappa shape index (κ2) is 12.4. The van der Waals surface area contributed by atoms with E-state index in [1.54, 1.807) is 0 Å². The van der Waals surface area contributed by atoms with Crippen LogP contribution in [-0.2, 0) is 0 Å². The van der Waals surface area contributed by atoms with Gasteiger partial charge in [0.25, 0.3) is 0 Å². The predicted molar refractivity (Wildman–Crippen MR) is 71.6 cm³/mol. The molecule has 0 unspecified atom stereocenters. The molecule has 0 heterocycles. The first kappa shape index (κ1) is 13.4. The molecule has 0 aromatic heterocycles. The number of rotatable bonds is 9. The van der Waals surface area contributed by atoms with Crippen LogP contribution in [0.3, 0.4) is 0 Å². The molecule has 0 aromatic rings. The lowest BCUT2D eigenvalue weighted by atomic mass is 10.6. The van der Waals surface area contributed by atoms with Gasteiger partial charge in [-0.25, -0.2) is 0 Å². The third-order valence-electron chi connectivity index (χ3n) is 1.27. The summed E-state index contributed by atoms with van der Waals surface area (Å²) in [5.41, 5.74) is 0. The van der Waals surface area contributed by atoms with Gasteiger partial charge in [0.15, 0.2) is 0 Å². The molecule has 0 aliphatic heterocycles. The van der Waals surface area contributed by atoms with Crippen LogP contribution in [0.4, 0.5) is 0 Å². The number of thiol groups is 2. The van der Waals surface area contributed by atoms with E-state index in [2.05, 4.69) is 25.3 Å². The maximum Gasteiger partial charge on any atom is 0.00235 e. The molecule has 0 atom stereocenters. The molecule has 4 heteroatoms.